The average Bonchev–Trinajstić information content (AvgIpc) is 2.33. The van der Waals surface area contributed by atoms with Crippen molar-refractivity contribution in [2.45, 2.75) is 6.54 Å². The van der Waals surface area contributed by atoms with Crippen molar-refractivity contribution >= 4 is 6.21 Å². The van der Waals surface area contributed by atoms with Crippen molar-refractivity contribution < 1.29 is 4.39 Å². The molecule has 16 heavy (non-hydrogen) atoms. The van der Waals surface area contributed by atoms with Crippen molar-refractivity contribution in [1.82, 2.24) is 0 Å². The maximum absolute atomic E-state index is 13.2. The van der Waals surface area contributed by atoms with Gasteiger partial charge in [0.05, 0.1) is 6.54 Å². The van der Waals surface area contributed by atoms with Crippen LogP contribution in [0.15, 0.2) is 59.6 Å². The SMILES string of the molecule is Fc1ccccc1C=NCc1ccccc1. The Balaban J connectivity index is 2.03. The largest absolute Gasteiger partial charge is 0.288 e. The molecular weight excluding hydrogens is 201 g/mol. The number of hydrogen-bond acceptors (Lipinski definition) is 1. The van der Waals surface area contributed by atoms with Gasteiger partial charge < -0.3 is 0 Å². The molecular formula is C14H12FN. The van der Waals surface area contributed by atoms with Crippen molar-refractivity contribution in [2.75, 3.05) is 0 Å². The van der Waals surface area contributed by atoms with Crippen LogP contribution in [0.1, 0.15) is 11.1 Å². The van der Waals surface area contributed by atoms with Gasteiger partial charge in [-0.25, -0.2) is 4.39 Å². The summed E-state index contributed by atoms with van der Waals surface area (Å²) in [5.74, 6) is -0.237. The van der Waals surface area contributed by atoms with Crippen LogP contribution in [0, 0.1) is 5.82 Å². The summed E-state index contributed by atoms with van der Waals surface area (Å²) in [6.07, 6.45) is 1.57. The molecule has 0 saturated heterocycles. The van der Waals surface area contributed by atoms with Crippen LogP contribution < -0.4 is 0 Å². The van der Waals surface area contributed by atoms with E-state index in [-0.39, 0.29) is 5.82 Å². The highest BCUT2D eigenvalue weighted by Gasteiger charge is 1.95. The number of aliphatic imine (C=N–C) groups is 1. The normalized spacial score (nSPS) is 10.8. The lowest BCUT2D eigenvalue weighted by Gasteiger charge is -1.96. The van der Waals surface area contributed by atoms with Gasteiger partial charge in [0.2, 0.25) is 0 Å². The molecule has 0 amide bonds. The highest BCUT2D eigenvalue weighted by molar-refractivity contribution is 5.79. The highest BCUT2D eigenvalue weighted by Crippen LogP contribution is 2.04. The number of rotatable bonds is 3. The van der Waals surface area contributed by atoms with Gasteiger partial charge in [-0.15, -0.1) is 0 Å². The van der Waals surface area contributed by atoms with Gasteiger partial charge in [-0.05, 0) is 11.6 Å². The minimum atomic E-state index is -0.237. The standard InChI is InChI=1S/C14H12FN/c15-14-9-5-4-8-13(14)11-16-10-12-6-2-1-3-7-12/h1-9,11H,10H2. The average molecular weight is 213 g/mol. The molecule has 0 saturated carbocycles. The quantitative estimate of drug-likeness (QED) is 0.692. The number of halogens is 1. The van der Waals surface area contributed by atoms with E-state index in [0.29, 0.717) is 12.1 Å². The Hall–Kier alpha value is -1.96. The lowest BCUT2D eigenvalue weighted by atomic mass is 10.2. The third kappa shape index (κ3) is 2.76. The summed E-state index contributed by atoms with van der Waals surface area (Å²) in [6, 6.07) is 16.5. The first-order valence-corrected chi connectivity index (χ1v) is 5.14. The van der Waals surface area contributed by atoms with Gasteiger partial charge in [-0.3, -0.25) is 4.99 Å². The summed E-state index contributed by atoms with van der Waals surface area (Å²) in [6.45, 7) is 0.579. The van der Waals surface area contributed by atoms with Gasteiger partial charge in [0, 0.05) is 11.8 Å². The van der Waals surface area contributed by atoms with Crippen molar-refractivity contribution in [3.63, 3.8) is 0 Å². The predicted molar refractivity (Wildman–Crippen MR) is 64.1 cm³/mol. The van der Waals surface area contributed by atoms with Crippen LogP contribution in [0.4, 0.5) is 4.39 Å². The fourth-order valence-corrected chi connectivity index (χ4v) is 1.41. The Bertz CT molecular complexity index is 477. The van der Waals surface area contributed by atoms with Crippen molar-refractivity contribution in [1.29, 1.82) is 0 Å². The predicted octanol–water partition coefficient (Wildman–Crippen LogP) is 3.44. The highest BCUT2D eigenvalue weighted by atomic mass is 19.1. The summed E-state index contributed by atoms with van der Waals surface area (Å²) in [4.78, 5) is 4.21. The molecule has 0 aliphatic carbocycles. The molecule has 0 aromatic heterocycles. The Labute approximate surface area is 94.3 Å². The van der Waals surface area contributed by atoms with Crippen molar-refractivity contribution in [3.05, 3.63) is 71.5 Å². The third-order valence-electron chi connectivity index (χ3n) is 2.25. The molecule has 2 rings (SSSR count). The number of benzene rings is 2. The molecule has 0 fully saturated rings. The fourth-order valence-electron chi connectivity index (χ4n) is 1.41. The van der Waals surface area contributed by atoms with Gasteiger partial charge in [-0.2, -0.15) is 0 Å². The first kappa shape index (κ1) is 10.6. The van der Waals surface area contributed by atoms with Crippen LogP contribution in [0.3, 0.4) is 0 Å². The molecule has 2 aromatic carbocycles. The summed E-state index contributed by atoms with van der Waals surface area (Å²) >= 11 is 0. The second kappa shape index (κ2) is 5.21. The van der Waals surface area contributed by atoms with Crippen LogP contribution >= 0.6 is 0 Å². The molecule has 2 heteroatoms. The van der Waals surface area contributed by atoms with E-state index < -0.39 is 0 Å². The van der Waals surface area contributed by atoms with E-state index in [0.717, 1.165) is 5.56 Å². The van der Waals surface area contributed by atoms with E-state index in [1.807, 2.05) is 30.3 Å². The van der Waals surface area contributed by atoms with E-state index in [9.17, 15) is 4.39 Å². The summed E-state index contributed by atoms with van der Waals surface area (Å²) in [5, 5.41) is 0. The molecule has 2 aromatic rings. The minimum absolute atomic E-state index is 0.237. The molecule has 0 unspecified atom stereocenters. The molecule has 80 valence electrons. The zero-order valence-electron chi connectivity index (χ0n) is 8.81. The van der Waals surface area contributed by atoms with Crippen molar-refractivity contribution in [2.24, 2.45) is 4.99 Å². The van der Waals surface area contributed by atoms with Crippen LogP contribution in [0.25, 0.3) is 0 Å². The maximum Gasteiger partial charge on any atom is 0.131 e. The fraction of sp³-hybridized carbons (Fsp3) is 0.0714. The molecule has 0 heterocycles. The molecule has 0 atom stereocenters. The van der Waals surface area contributed by atoms with E-state index in [4.69, 9.17) is 0 Å². The Morgan fingerprint density at radius 2 is 1.62 bits per heavy atom. The van der Waals surface area contributed by atoms with Gasteiger partial charge in [0.1, 0.15) is 5.82 Å². The summed E-state index contributed by atoms with van der Waals surface area (Å²) in [5.41, 5.74) is 1.65. The molecule has 0 spiro atoms. The smallest absolute Gasteiger partial charge is 0.131 e. The second-order valence-corrected chi connectivity index (χ2v) is 3.48. The second-order valence-electron chi connectivity index (χ2n) is 3.48. The van der Waals surface area contributed by atoms with Gasteiger partial charge in [-0.1, -0.05) is 48.5 Å². The zero-order chi connectivity index (χ0) is 11.2. The molecule has 0 N–H and O–H groups in total. The maximum atomic E-state index is 13.2. The molecule has 0 radical (unpaired) electrons. The van der Waals surface area contributed by atoms with E-state index in [1.165, 1.54) is 6.07 Å². The Kier molecular flexibility index (Phi) is 3.44. The van der Waals surface area contributed by atoms with Gasteiger partial charge in [0.25, 0.3) is 0 Å². The third-order valence-corrected chi connectivity index (χ3v) is 2.25. The van der Waals surface area contributed by atoms with Crippen LogP contribution in [0.5, 0.6) is 0 Å². The summed E-state index contributed by atoms with van der Waals surface area (Å²) < 4.78 is 13.2. The molecule has 0 aliphatic heterocycles. The molecule has 1 nitrogen and oxygen atoms in total. The first-order valence-electron chi connectivity index (χ1n) is 5.14. The molecule has 0 bridgehead atoms. The molecule has 0 aliphatic rings. The van der Waals surface area contributed by atoms with Crippen molar-refractivity contribution in [3.8, 4) is 0 Å². The monoisotopic (exact) mass is 213 g/mol. The lowest BCUT2D eigenvalue weighted by molar-refractivity contribution is 0.626. The van der Waals surface area contributed by atoms with Gasteiger partial charge in [0.15, 0.2) is 0 Å². The Morgan fingerprint density at radius 3 is 2.38 bits per heavy atom. The summed E-state index contributed by atoms with van der Waals surface area (Å²) in [7, 11) is 0. The number of nitrogens with zero attached hydrogens (tertiary/aromatic N) is 1. The topological polar surface area (TPSA) is 12.4 Å². The van der Waals surface area contributed by atoms with Crippen LogP contribution in [0.2, 0.25) is 0 Å². The van der Waals surface area contributed by atoms with Crippen LogP contribution in [-0.2, 0) is 6.54 Å². The lowest BCUT2D eigenvalue weighted by Crippen LogP contribution is -1.88. The first-order chi connectivity index (χ1) is 7.86. The van der Waals surface area contributed by atoms with Gasteiger partial charge >= 0.3 is 0 Å². The van der Waals surface area contributed by atoms with E-state index in [1.54, 1.807) is 24.4 Å². The zero-order valence-corrected chi connectivity index (χ0v) is 8.81. The minimum Gasteiger partial charge on any atom is -0.288 e. The number of hydrogen-bond donors (Lipinski definition) is 0. The van der Waals surface area contributed by atoms with Crippen LogP contribution in [-0.4, -0.2) is 6.21 Å². The van der Waals surface area contributed by atoms with E-state index in [2.05, 4.69) is 4.99 Å². The van der Waals surface area contributed by atoms with E-state index >= 15 is 0 Å². The Morgan fingerprint density at radius 1 is 0.938 bits per heavy atom.